The van der Waals surface area contributed by atoms with Crippen molar-refractivity contribution in [2.75, 3.05) is 11.4 Å². The van der Waals surface area contributed by atoms with Gasteiger partial charge in [-0.25, -0.2) is 9.83 Å². The molecule has 1 amide bonds. The summed E-state index contributed by atoms with van der Waals surface area (Å²) in [4.78, 5) is 25.6. The summed E-state index contributed by atoms with van der Waals surface area (Å²) in [5.41, 5.74) is 10.4. The maximum Gasteiger partial charge on any atom is 0.268 e. The first-order valence-electron chi connectivity index (χ1n) is 10.4. The van der Waals surface area contributed by atoms with E-state index in [2.05, 4.69) is 41.4 Å². The van der Waals surface area contributed by atoms with Gasteiger partial charge in [-0.2, -0.15) is 0 Å². The highest BCUT2D eigenvalue weighted by Crippen LogP contribution is 2.40. The summed E-state index contributed by atoms with van der Waals surface area (Å²) in [6.45, 7) is 12.0. The minimum absolute atomic E-state index is 0.109. The van der Waals surface area contributed by atoms with Crippen LogP contribution in [-0.4, -0.2) is 37.2 Å². The van der Waals surface area contributed by atoms with E-state index in [0.29, 0.717) is 17.9 Å². The highest BCUT2D eigenvalue weighted by Gasteiger charge is 2.28. The second-order valence-electron chi connectivity index (χ2n) is 7.94. The Morgan fingerprint density at radius 1 is 1.09 bits per heavy atom. The van der Waals surface area contributed by atoms with Crippen LogP contribution in [0.3, 0.4) is 0 Å². The molecular formula is C24H20N8O. The second-order valence-corrected chi connectivity index (χ2v) is 7.94. The summed E-state index contributed by atoms with van der Waals surface area (Å²) in [5, 5.41) is 8.75. The summed E-state index contributed by atoms with van der Waals surface area (Å²) < 4.78 is 2.08. The van der Waals surface area contributed by atoms with Crippen LogP contribution in [0.15, 0.2) is 54.9 Å². The smallest absolute Gasteiger partial charge is 0.268 e. The maximum absolute atomic E-state index is 11.4. The van der Waals surface area contributed by atoms with Crippen molar-refractivity contribution in [3.8, 4) is 16.9 Å². The Morgan fingerprint density at radius 3 is 2.55 bits per heavy atom. The monoisotopic (exact) mass is 436 g/mol. The van der Waals surface area contributed by atoms with Gasteiger partial charge in [0.25, 0.3) is 5.91 Å². The number of anilines is 2. The largest absolute Gasteiger partial charge is 0.364 e. The molecule has 0 aliphatic carbocycles. The van der Waals surface area contributed by atoms with Gasteiger partial charge in [-0.15, -0.1) is 10.2 Å². The lowest BCUT2D eigenvalue weighted by Crippen LogP contribution is -2.22. The highest BCUT2D eigenvalue weighted by atomic mass is 16.1. The molecule has 4 aromatic rings. The molecule has 0 bridgehead atoms. The summed E-state index contributed by atoms with van der Waals surface area (Å²) in [5.74, 6) is 1.20. The SMILES string of the molecule is [C-]#[N+]c1ccc(N2C[C@@H](C)c3nnc(C)n3-c3ccc(-c4cnc(C(N)=O)cn4)cc32)cc1. The zero-order valence-corrected chi connectivity index (χ0v) is 18.1. The average Bonchev–Trinajstić information content (AvgIpc) is 3.17. The molecule has 0 spiro atoms. The number of hydrogen-bond acceptors (Lipinski definition) is 6. The van der Waals surface area contributed by atoms with Crippen LogP contribution in [0.4, 0.5) is 17.1 Å². The number of hydrogen-bond donors (Lipinski definition) is 1. The van der Waals surface area contributed by atoms with Crippen LogP contribution >= 0.6 is 0 Å². The Kier molecular flexibility index (Phi) is 4.83. The number of nitrogens with zero attached hydrogens (tertiary/aromatic N) is 7. The molecule has 5 rings (SSSR count). The van der Waals surface area contributed by atoms with Gasteiger partial charge in [-0.1, -0.05) is 25.1 Å². The fourth-order valence-corrected chi connectivity index (χ4v) is 4.09. The molecule has 2 aromatic carbocycles. The van der Waals surface area contributed by atoms with Crippen molar-refractivity contribution >= 4 is 23.0 Å². The normalized spacial score (nSPS) is 14.7. The molecule has 0 saturated carbocycles. The third-order valence-electron chi connectivity index (χ3n) is 5.74. The van der Waals surface area contributed by atoms with E-state index in [-0.39, 0.29) is 11.6 Å². The second kappa shape index (κ2) is 7.84. The zero-order valence-electron chi connectivity index (χ0n) is 18.1. The predicted octanol–water partition coefficient (Wildman–Crippen LogP) is 3.94. The van der Waals surface area contributed by atoms with E-state index >= 15 is 0 Å². The Labute approximate surface area is 190 Å². The number of carbonyl (C=O) groups excluding carboxylic acids is 1. The first kappa shape index (κ1) is 20.3. The quantitative estimate of drug-likeness (QED) is 0.488. The van der Waals surface area contributed by atoms with Crippen molar-refractivity contribution in [1.29, 1.82) is 0 Å². The van der Waals surface area contributed by atoms with E-state index in [1.165, 1.54) is 6.20 Å². The number of aryl methyl sites for hydroxylation is 1. The van der Waals surface area contributed by atoms with Gasteiger partial charge in [0.05, 0.1) is 36.0 Å². The lowest BCUT2D eigenvalue weighted by molar-refractivity contribution is 0.0995. The summed E-state index contributed by atoms with van der Waals surface area (Å²) in [6, 6.07) is 13.6. The zero-order chi connectivity index (χ0) is 23.1. The van der Waals surface area contributed by atoms with Crippen molar-refractivity contribution < 1.29 is 4.79 Å². The van der Waals surface area contributed by atoms with Gasteiger partial charge in [0.1, 0.15) is 17.3 Å². The van der Waals surface area contributed by atoms with Crippen molar-refractivity contribution in [2.24, 2.45) is 5.73 Å². The Balaban J connectivity index is 1.69. The molecule has 1 aliphatic heterocycles. The van der Waals surface area contributed by atoms with E-state index in [0.717, 1.165) is 34.3 Å². The molecule has 9 nitrogen and oxygen atoms in total. The van der Waals surface area contributed by atoms with Crippen molar-refractivity contribution in [2.45, 2.75) is 19.8 Å². The standard InChI is InChI=1S/C24H20N8O/c1-14-13-31(18-7-5-17(26-3)6-8-18)22-10-16(19-11-28-20(12-27-19)23(25)33)4-9-21(22)32-15(2)29-30-24(14)32/h4-12,14H,13H2,1-2H3,(H2,25,33)/t14-/m1/s1. The van der Waals surface area contributed by atoms with Crippen molar-refractivity contribution in [1.82, 2.24) is 24.7 Å². The average molecular weight is 436 g/mol. The number of amides is 1. The van der Waals surface area contributed by atoms with Gasteiger partial charge < -0.3 is 10.6 Å². The van der Waals surface area contributed by atoms with Crippen LogP contribution < -0.4 is 10.6 Å². The molecule has 0 saturated heterocycles. The molecule has 0 unspecified atom stereocenters. The third-order valence-corrected chi connectivity index (χ3v) is 5.74. The number of nitrogens with two attached hydrogens (primary N) is 1. The molecule has 1 aliphatic rings. The van der Waals surface area contributed by atoms with E-state index in [4.69, 9.17) is 12.3 Å². The lowest BCUT2D eigenvalue weighted by atomic mass is 10.1. The fourth-order valence-electron chi connectivity index (χ4n) is 4.09. The van der Waals surface area contributed by atoms with Crippen LogP contribution in [0.25, 0.3) is 21.8 Å². The lowest BCUT2D eigenvalue weighted by Gasteiger charge is -2.27. The summed E-state index contributed by atoms with van der Waals surface area (Å²) in [6.07, 6.45) is 2.93. The van der Waals surface area contributed by atoms with Gasteiger partial charge in [-0.3, -0.25) is 14.3 Å². The van der Waals surface area contributed by atoms with Crippen LogP contribution in [0.5, 0.6) is 0 Å². The summed E-state index contributed by atoms with van der Waals surface area (Å²) in [7, 11) is 0. The molecule has 2 aromatic heterocycles. The maximum atomic E-state index is 11.4. The van der Waals surface area contributed by atoms with E-state index in [9.17, 15) is 4.79 Å². The van der Waals surface area contributed by atoms with Gasteiger partial charge in [-0.05, 0) is 31.2 Å². The topological polar surface area (TPSA) is 107 Å². The molecule has 3 heterocycles. The van der Waals surface area contributed by atoms with Crippen molar-refractivity contribution in [3.05, 3.63) is 83.6 Å². The number of rotatable bonds is 3. The predicted molar refractivity (Wildman–Crippen MR) is 124 cm³/mol. The van der Waals surface area contributed by atoms with Gasteiger partial charge in [0.15, 0.2) is 5.69 Å². The number of benzene rings is 2. The Hall–Kier alpha value is -4.58. The first-order valence-corrected chi connectivity index (χ1v) is 10.4. The number of primary amides is 1. The van der Waals surface area contributed by atoms with E-state index < -0.39 is 5.91 Å². The summed E-state index contributed by atoms with van der Waals surface area (Å²) >= 11 is 0. The van der Waals surface area contributed by atoms with Gasteiger partial charge >= 0.3 is 0 Å². The van der Waals surface area contributed by atoms with Crippen molar-refractivity contribution in [3.63, 3.8) is 0 Å². The minimum Gasteiger partial charge on any atom is -0.364 e. The van der Waals surface area contributed by atoms with Crippen LogP contribution in [0.1, 0.15) is 35.0 Å². The fraction of sp³-hybridized carbons (Fsp3) is 0.167. The molecule has 33 heavy (non-hydrogen) atoms. The van der Waals surface area contributed by atoms with Gasteiger partial charge in [0, 0.05) is 23.7 Å². The van der Waals surface area contributed by atoms with Crippen LogP contribution in [-0.2, 0) is 0 Å². The van der Waals surface area contributed by atoms with Crippen LogP contribution in [0, 0.1) is 13.5 Å². The molecule has 0 fully saturated rings. The molecule has 162 valence electrons. The number of carbonyl (C=O) groups is 1. The molecule has 1 atom stereocenters. The minimum atomic E-state index is -0.616. The van der Waals surface area contributed by atoms with Crippen LogP contribution in [0.2, 0.25) is 0 Å². The Morgan fingerprint density at radius 2 is 1.88 bits per heavy atom. The van der Waals surface area contributed by atoms with E-state index in [1.807, 2.05) is 49.4 Å². The molecular weight excluding hydrogens is 416 g/mol. The molecule has 9 heteroatoms. The third kappa shape index (κ3) is 3.47. The molecule has 2 N–H and O–H groups in total. The molecule has 0 radical (unpaired) electrons. The van der Waals surface area contributed by atoms with E-state index in [1.54, 1.807) is 6.20 Å². The Bertz CT molecular complexity index is 1400. The number of aromatic nitrogens is 5. The number of fused-ring (bicyclic) bond motifs is 3. The highest BCUT2D eigenvalue weighted by molar-refractivity contribution is 5.90. The van der Waals surface area contributed by atoms with Gasteiger partial charge in [0.2, 0.25) is 0 Å². The first-order chi connectivity index (χ1) is 16.0.